The Hall–Kier alpha value is -3.03. The molecule has 0 spiro atoms. The van der Waals surface area contributed by atoms with Crippen molar-refractivity contribution in [1.82, 2.24) is 19.9 Å². The third-order valence-corrected chi connectivity index (χ3v) is 6.79. The van der Waals surface area contributed by atoms with Gasteiger partial charge in [-0.3, -0.25) is 13.9 Å². The second-order valence-corrected chi connectivity index (χ2v) is 11.3. The van der Waals surface area contributed by atoms with Crippen LogP contribution in [0.25, 0.3) is 11.3 Å². The van der Waals surface area contributed by atoms with Crippen molar-refractivity contribution in [3.8, 4) is 22.9 Å². The van der Waals surface area contributed by atoms with Crippen molar-refractivity contribution in [2.24, 2.45) is 0 Å². The quantitative estimate of drug-likeness (QED) is 0.251. The van der Waals surface area contributed by atoms with E-state index < -0.39 is 10.1 Å². The normalized spacial score (nSPS) is 14.3. The van der Waals surface area contributed by atoms with Gasteiger partial charge in [0, 0.05) is 54.4 Å². The Balaban J connectivity index is 1.47. The Morgan fingerprint density at radius 3 is 2.28 bits per heavy atom. The molecule has 3 heterocycles. The number of hydrogen-bond acceptors (Lipinski definition) is 11. The van der Waals surface area contributed by atoms with E-state index in [1.165, 1.54) is 7.11 Å². The van der Waals surface area contributed by atoms with E-state index in [9.17, 15) is 13.2 Å². The molecule has 0 radical (unpaired) electrons. The molecule has 0 bridgehead atoms. The number of halogens is 2. The SMILES string of the molecule is COC(=O)CCN1CCN(c2ncc(Oc3cc(COS(C)(=O)=O)cc(-c4cc(Cl)cc(Cl)c4)n3)cn2)CC1. The van der Waals surface area contributed by atoms with E-state index in [4.69, 9.17) is 36.9 Å². The molecular weight excluding hydrogens is 569 g/mol. The summed E-state index contributed by atoms with van der Waals surface area (Å²) >= 11 is 12.3. The van der Waals surface area contributed by atoms with Crippen LogP contribution in [-0.4, -0.2) is 80.3 Å². The largest absolute Gasteiger partial charge is 0.469 e. The van der Waals surface area contributed by atoms with Crippen LogP contribution < -0.4 is 9.64 Å². The van der Waals surface area contributed by atoms with Crippen LogP contribution >= 0.6 is 23.2 Å². The smallest absolute Gasteiger partial charge is 0.306 e. The predicted molar refractivity (Wildman–Crippen MR) is 147 cm³/mol. The number of piperazine rings is 1. The molecule has 1 aliphatic rings. The van der Waals surface area contributed by atoms with Crippen molar-refractivity contribution in [3.05, 3.63) is 58.3 Å². The fraction of sp³-hybridized carbons (Fsp3) is 0.360. The van der Waals surface area contributed by atoms with Crippen LogP contribution in [-0.2, 0) is 30.4 Å². The summed E-state index contributed by atoms with van der Waals surface area (Å²) in [6.45, 7) is 3.44. The fourth-order valence-electron chi connectivity index (χ4n) is 3.89. The van der Waals surface area contributed by atoms with E-state index in [-0.39, 0.29) is 18.5 Å². The first-order valence-corrected chi connectivity index (χ1v) is 14.5. The maximum atomic E-state index is 11.5. The lowest BCUT2D eigenvalue weighted by Gasteiger charge is -2.34. The lowest BCUT2D eigenvalue weighted by atomic mass is 10.1. The number of anilines is 1. The van der Waals surface area contributed by atoms with E-state index in [2.05, 4.69) is 24.8 Å². The van der Waals surface area contributed by atoms with Crippen molar-refractivity contribution < 1.29 is 26.9 Å². The number of aromatic nitrogens is 3. The molecule has 2 aromatic heterocycles. The number of pyridine rings is 1. The zero-order valence-electron chi connectivity index (χ0n) is 21.3. The molecular formula is C25H27Cl2N5O6S. The van der Waals surface area contributed by atoms with Gasteiger partial charge in [0.2, 0.25) is 11.8 Å². The molecule has 1 saturated heterocycles. The van der Waals surface area contributed by atoms with E-state index >= 15 is 0 Å². The highest BCUT2D eigenvalue weighted by Gasteiger charge is 2.20. The Morgan fingerprint density at radius 2 is 1.67 bits per heavy atom. The summed E-state index contributed by atoms with van der Waals surface area (Å²) in [5, 5.41) is 0.848. The molecule has 3 aromatic rings. The second-order valence-electron chi connectivity index (χ2n) is 8.80. The van der Waals surface area contributed by atoms with Crippen molar-refractivity contribution in [2.75, 3.05) is 51.0 Å². The van der Waals surface area contributed by atoms with Gasteiger partial charge in [0.1, 0.15) is 0 Å². The summed E-state index contributed by atoms with van der Waals surface area (Å²) in [6, 6.07) is 8.22. The number of ether oxygens (including phenoxy) is 2. The van der Waals surface area contributed by atoms with Crippen LogP contribution in [0.1, 0.15) is 12.0 Å². The topological polar surface area (TPSA) is 124 Å². The minimum absolute atomic E-state index is 0.186. The summed E-state index contributed by atoms with van der Waals surface area (Å²) in [7, 11) is -2.28. The molecule has 0 atom stereocenters. The van der Waals surface area contributed by atoms with Gasteiger partial charge in [-0.15, -0.1) is 0 Å². The summed E-state index contributed by atoms with van der Waals surface area (Å²) in [6.07, 6.45) is 4.43. The predicted octanol–water partition coefficient (Wildman–Crippen LogP) is 3.80. The molecule has 4 rings (SSSR count). The number of esters is 1. The van der Waals surface area contributed by atoms with Crippen LogP contribution in [0.15, 0.2) is 42.7 Å². The standard InChI is InChI=1S/C25H27Cl2N5O6S/c1-36-24(33)3-4-31-5-7-32(8-6-31)25-28-14-21(15-29-25)38-23-10-17(16-37-39(2,34)35)9-22(30-23)18-11-19(26)13-20(27)12-18/h9-15H,3-8,16H2,1-2H3. The van der Waals surface area contributed by atoms with Crippen LogP contribution in [0, 0.1) is 0 Å². The third-order valence-electron chi connectivity index (χ3n) is 5.81. The Morgan fingerprint density at radius 1 is 1.00 bits per heavy atom. The minimum Gasteiger partial charge on any atom is -0.469 e. The number of benzene rings is 1. The number of rotatable bonds is 10. The van der Waals surface area contributed by atoms with Crippen LogP contribution in [0.2, 0.25) is 10.0 Å². The highest BCUT2D eigenvalue weighted by molar-refractivity contribution is 7.85. The Bertz CT molecular complexity index is 1400. The highest BCUT2D eigenvalue weighted by Crippen LogP contribution is 2.30. The van der Waals surface area contributed by atoms with Gasteiger partial charge in [-0.05, 0) is 29.8 Å². The van der Waals surface area contributed by atoms with Crippen molar-refractivity contribution in [2.45, 2.75) is 13.0 Å². The highest BCUT2D eigenvalue weighted by atomic mass is 35.5. The van der Waals surface area contributed by atoms with Gasteiger partial charge >= 0.3 is 5.97 Å². The molecule has 0 amide bonds. The number of nitrogens with zero attached hydrogens (tertiary/aromatic N) is 5. The van der Waals surface area contributed by atoms with Gasteiger partial charge in [-0.1, -0.05) is 23.2 Å². The average Bonchev–Trinajstić information content (AvgIpc) is 2.90. The lowest BCUT2D eigenvalue weighted by molar-refractivity contribution is -0.141. The van der Waals surface area contributed by atoms with Crippen molar-refractivity contribution in [1.29, 1.82) is 0 Å². The maximum Gasteiger partial charge on any atom is 0.306 e. The molecule has 39 heavy (non-hydrogen) atoms. The second kappa shape index (κ2) is 12.9. The molecule has 1 aromatic carbocycles. The van der Waals surface area contributed by atoms with Gasteiger partial charge in [0.25, 0.3) is 10.1 Å². The average molecular weight is 596 g/mol. The maximum absolute atomic E-state index is 11.5. The van der Waals surface area contributed by atoms with Gasteiger partial charge in [0.05, 0.1) is 44.5 Å². The number of hydrogen-bond donors (Lipinski definition) is 0. The minimum atomic E-state index is -3.66. The molecule has 11 nitrogen and oxygen atoms in total. The van der Waals surface area contributed by atoms with Crippen LogP contribution in [0.4, 0.5) is 5.95 Å². The van der Waals surface area contributed by atoms with Gasteiger partial charge in [0.15, 0.2) is 5.75 Å². The summed E-state index contributed by atoms with van der Waals surface area (Å²) in [5.41, 5.74) is 1.60. The monoisotopic (exact) mass is 595 g/mol. The van der Waals surface area contributed by atoms with E-state index in [0.29, 0.717) is 51.5 Å². The van der Waals surface area contributed by atoms with Crippen LogP contribution in [0.3, 0.4) is 0 Å². The first-order chi connectivity index (χ1) is 18.6. The molecule has 1 aliphatic heterocycles. The molecule has 1 fully saturated rings. The third kappa shape index (κ3) is 8.73. The van der Waals surface area contributed by atoms with Gasteiger partial charge in [-0.2, -0.15) is 8.42 Å². The Kier molecular flexibility index (Phi) is 9.57. The number of methoxy groups -OCH3 is 1. The molecule has 0 saturated carbocycles. The van der Waals surface area contributed by atoms with Crippen molar-refractivity contribution in [3.63, 3.8) is 0 Å². The molecule has 14 heteroatoms. The summed E-state index contributed by atoms with van der Waals surface area (Å²) in [5.74, 6) is 0.876. The van der Waals surface area contributed by atoms with E-state index in [1.54, 1.807) is 42.7 Å². The van der Waals surface area contributed by atoms with E-state index in [0.717, 1.165) is 32.4 Å². The zero-order valence-corrected chi connectivity index (χ0v) is 23.7. The van der Waals surface area contributed by atoms with Gasteiger partial charge < -0.3 is 14.4 Å². The van der Waals surface area contributed by atoms with Gasteiger partial charge in [-0.25, -0.2) is 15.0 Å². The fourth-order valence-corrected chi connectivity index (χ4v) is 4.76. The number of carbonyl (C=O) groups is 1. The van der Waals surface area contributed by atoms with Crippen LogP contribution in [0.5, 0.6) is 11.6 Å². The first-order valence-electron chi connectivity index (χ1n) is 11.9. The summed E-state index contributed by atoms with van der Waals surface area (Å²) < 4.78 is 38.6. The Labute approximate surface area is 236 Å². The van der Waals surface area contributed by atoms with E-state index in [1.807, 2.05) is 0 Å². The molecule has 208 valence electrons. The molecule has 0 unspecified atom stereocenters. The lowest BCUT2D eigenvalue weighted by Crippen LogP contribution is -2.47. The zero-order chi connectivity index (χ0) is 28.0. The van der Waals surface area contributed by atoms with Crippen molar-refractivity contribution >= 4 is 45.2 Å². The molecule has 0 N–H and O–H groups in total. The first kappa shape index (κ1) is 29.0. The molecule has 0 aliphatic carbocycles. The number of carbonyl (C=O) groups excluding carboxylic acids is 1. The summed E-state index contributed by atoms with van der Waals surface area (Å²) in [4.78, 5) is 29.0.